The summed E-state index contributed by atoms with van der Waals surface area (Å²) >= 11 is 0. The van der Waals surface area contributed by atoms with Crippen LogP contribution in [0.5, 0.6) is 0 Å². The third kappa shape index (κ3) is 4.08. The van der Waals surface area contributed by atoms with Crippen molar-refractivity contribution in [2.75, 3.05) is 0 Å². The summed E-state index contributed by atoms with van der Waals surface area (Å²) in [6.45, 7) is 0. The van der Waals surface area contributed by atoms with Crippen molar-refractivity contribution in [3.63, 3.8) is 0 Å². The number of amides is 1. The van der Waals surface area contributed by atoms with Crippen LogP contribution in [-0.2, 0) is 11.0 Å². The minimum absolute atomic E-state index is 0.462. The maximum Gasteiger partial charge on any atom is 0.416 e. The number of hydrogen-bond donors (Lipinski definition) is 1. The van der Waals surface area contributed by atoms with Crippen molar-refractivity contribution in [3.8, 4) is 0 Å². The van der Waals surface area contributed by atoms with E-state index in [2.05, 4.69) is 4.84 Å². The molecule has 0 unspecified atom stereocenters. The van der Waals surface area contributed by atoms with Crippen molar-refractivity contribution >= 4 is 11.9 Å². The molecule has 2 aromatic rings. The minimum Gasteiger partial charge on any atom is -0.335 e. The maximum atomic E-state index is 13.4. The molecule has 4 nitrogen and oxygen atoms in total. The molecule has 0 saturated heterocycles. The van der Waals surface area contributed by atoms with E-state index in [0.717, 1.165) is 18.2 Å². The van der Waals surface area contributed by atoms with Crippen molar-refractivity contribution in [3.05, 3.63) is 70.5 Å². The molecular formula is C15H7F6NO3. The fourth-order valence-corrected chi connectivity index (χ4v) is 1.73. The summed E-state index contributed by atoms with van der Waals surface area (Å²) < 4.78 is 76.8. The zero-order valence-electron chi connectivity index (χ0n) is 12.0. The number of carbonyl (C=O) groups is 2. The lowest BCUT2D eigenvalue weighted by Gasteiger charge is -2.09. The highest BCUT2D eigenvalue weighted by atomic mass is 19.4. The van der Waals surface area contributed by atoms with E-state index in [0.29, 0.717) is 18.2 Å². The number of hydrogen-bond acceptors (Lipinski definition) is 3. The normalized spacial score (nSPS) is 11.1. The van der Waals surface area contributed by atoms with E-state index in [1.54, 1.807) is 0 Å². The van der Waals surface area contributed by atoms with Crippen LogP contribution in [0.4, 0.5) is 26.3 Å². The number of nitrogens with one attached hydrogen (secondary N) is 1. The Morgan fingerprint density at radius 1 is 0.960 bits per heavy atom. The van der Waals surface area contributed by atoms with Gasteiger partial charge in [-0.15, -0.1) is 0 Å². The van der Waals surface area contributed by atoms with Crippen LogP contribution < -0.4 is 5.48 Å². The lowest BCUT2D eigenvalue weighted by Crippen LogP contribution is -2.28. The number of benzene rings is 2. The number of hydroxylamine groups is 1. The number of halogens is 6. The Morgan fingerprint density at radius 2 is 1.64 bits per heavy atom. The van der Waals surface area contributed by atoms with Gasteiger partial charge in [0, 0.05) is 5.56 Å². The molecule has 2 rings (SSSR count). The standard InChI is InChI=1S/C15H7F6NO3/c16-10-5-4-9(11(17)12(10)18)14(24)25-22-13(23)7-2-1-3-8(6-7)15(19,20)21/h1-6H,(H,22,23). The molecule has 0 aliphatic rings. The summed E-state index contributed by atoms with van der Waals surface area (Å²) in [5.41, 5.74) is -1.12. The second-order valence-corrected chi connectivity index (χ2v) is 4.62. The molecule has 0 aliphatic carbocycles. The fourth-order valence-electron chi connectivity index (χ4n) is 1.73. The van der Waals surface area contributed by atoms with Crippen molar-refractivity contribution < 1.29 is 40.8 Å². The van der Waals surface area contributed by atoms with Crippen LogP contribution >= 0.6 is 0 Å². The summed E-state index contributed by atoms with van der Waals surface area (Å²) in [4.78, 5) is 27.4. The average molecular weight is 363 g/mol. The van der Waals surface area contributed by atoms with Gasteiger partial charge in [-0.3, -0.25) is 4.79 Å². The molecule has 2 aromatic carbocycles. The molecule has 0 fully saturated rings. The van der Waals surface area contributed by atoms with Gasteiger partial charge in [0.2, 0.25) is 0 Å². The van der Waals surface area contributed by atoms with Gasteiger partial charge in [0.05, 0.1) is 5.56 Å². The van der Waals surface area contributed by atoms with Crippen LogP contribution in [0.2, 0.25) is 0 Å². The van der Waals surface area contributed by atoms with Gasteiger partial charge < -0.3 is 4.84 Å². The van der Waals surface area contributed by atoms with Crippen molar-refractivity contribution in [2.24, 2.45) is 0 Å². The Labute approximate surface area is 136 Å². The average Bonchev–Trinajstić information content (AvgIpc) is 2.56. The molecule has 132 valence electrons. The van der Waals surface area contributed by atoms with Crippen LogP contribution in [-0.4, -0.2) is 11.9 Å². The first kappa shape index (κ1) is 18.3. The predicted octanol–water partition coefficient (Wildman–Crippen LogP) is 3.62. The zero-order valence-corrected chi connectivity index (χ0v) is 12.0. The second-order valence-electron chi connectivity index (χ2n) is 4.62. The third-order valence-electron chi connectivity index (χ3n) is 2.94. The first-order valence-corrected chi connectivity index (χ1v) is 6.43. The van der Waals surface area contributed by atoms with Crippen LogP contribution in [0.3, 0.4) is 0 Å². The lowest BCUT2D eigenvalue weighted by molar-refractivity contribution is -0.137. The highest BCUT2D eigenvalue weighted by Crippen LogP contribution is 2.29. The summed E-state index contributed by atoms with van der Waals surface area (Å²) in [5.74, 6) is -8.10. The predicted molar refractivity (Wildman–Crippen MR) is 70.6 cm³/mol. The van der Waals surface area contributed by atoms with E-state index >= 15 is 0 Å². The quantitative estimate of drug-likeness (QED) is 0.504. The van der Waals surface area contributed by atoms with Crippen molar-refractivity contribution in [1.29, 1.82) is 0 Å². The van der Waals surface area contributed by atoms with Gasteiger partial charge in [-0.25, -0.2) is 18.0 Å². The van der Waals surface area contributed by atoms with Crippen LogP contribution in [0.1, 0.15) is 26.3 Å². The molecule has 0 spiro atoms. The summed E-state index contributed by atoms with van der Waals surface area (Å²) in [7, 11) is 0. The molecule has 25 heavy (non-hydrogen) atoms. The summed E-state index contributed by atoms with van der Waals surface area (Å²) in [6, 6.07) is 4.22. The third-order valence-corrected chi connectivity index (χ3v) is 2.94. The van der Waals surface area contributed by atoms with E-state index in [9.17, 15) is 35.9 Å². The number of rotatable bonds is 2. The highest BCUT2D eigenvalue weighted by molar-refractivity contribution is 5.96. The van der Waals surface area contributed by atoms with E-state index < -0.39 is 52.2 Å². The maximum absolute atomic E-state index is 13.4. The van der Waals surface area contributed by atoms with Crippen LogP contribution in [0.25, 0.3) is 0 Å². The molecule has 0 heterocycles. The van der Waals surface area contributed by atoms with Gasteiger partial charge in [-0.1, -0.05) is 6.07 Å². The molecule has 0 radical (unpaired) electrons. The molecule has 1 amide bonds. The molecule has 0 aliphatic heterocycles. The first-order valence-electron chi connectivity index (χ1n) is 6.43. The minimum atomic E-state index is -4.69. The van der Waals surface area contributed by atoms with E-state index in [4.69, 9.17) is 0 Å². The largest absolute Gasteiger partial charge is 0.416 e. The second kappa shape index (κ2) is 6.83. The van der Waals surface area contributed by atoms with Crippen LogP contribution in [0, 0.1) is 17.5 Å². The molecular weight excluding hydrogens is 356 g/mol. The molecule has 0 atom stereocenters. The van der Waals surface area contributed by atoms with Crippen molar-refractivity contribution in [2.45, 2.75) is 6.18 Å². The van der Waals surface area contributed by atoms with Crippen LogP contribution in [0.15, 0.2) is 36.4 Å². The Bertz CT molecular complexity index is 835. The molecule has 0 bridgehead atoms. The van der Waals surface area contributed by atoms with E-state index in [-0.39, 0.29) is 0 Å². The highest BCUT2D eigenvalue weighted by Gasteiger charge is 2.31. The molecule has 0 saturated carbocycles. The Morgan fingerprint density at radius 3 is 2.28 bits per heavy atom. The lowest BCUT2D eigenvalue weighted by atomic mass is 10.1. The molecule has 0 aromatic heterocycles. The van der Waals surface area contributed by atoms with Gasteiger partial charge in [-0.2, -0.15) is 18.7 Å². The Kier molecular flexibility index (Phi) is 5.00. The summed E-state index contributed by atoms with van der Waals surface area (Å²) in [6.07, 6.45) is -4.69. The van der Waals surface area contributed by atoms with Gasteiger partial charge in [0.1, 0.15) is 5.56 Å². The van der Waals surface area contributed by atoms with Gasteiger partial charge in [0.15, 0.2) is 17.5 Å². The van der Waals surface area contributed by atoms with E-state index in [1.165, 1.54) is 5.48 Å². The van der Waals surface area contributed by atoms with Gasteiger partial charge in [0.25, 0.3) is 5.91 Å². The monoisotopic (exact) mass is 363 g/mol. The topological polar surface area (TPSA) is 55.4 Å². The SMILES string of the molecule is O=C(NOC(=O)c1ccc(F)c(F)c1F)c1cccc(C(F)(F)F)c1. The Balaban J connectivity index is 2.10. The van der Waals surface area contributed by atoms with Crippen molar-refractivity contribution in [1.82, 2.24) is 5.48 Å². The van der Waals surface area contributed by atoms with Gasteiger partial charge in [-0.05, 0) is 30.3 Å². The summed E-state index contributed by atoms with van der Waals surface area (Å²) in [5, 5.41) is 0. The smallest absolute Gasteiger partial charge is 0.335 e. The Hall–Kier alpha value is -3.04. The molecule has 10 heteroatoms. The fraction of sp³-hybridized carbons (Fsp3) is 0.0667. The number of alkyl halides is 3. The zero-order chi connectivity index (χ0) is 18.8. The molecule has 1 N–H and O–H groups in total. The number of carbonyl (C=O) groups excluding carboxylic acids is 2. The first-order chi connectivity index (χ1) is 11.6. The van der Waals surface area contributed by atoms with E-state index in [1.807, 2.05) is 0 Å². The van der Waals surface area contributed by atoms with Gasteiger partial charge >= 0.3 is 12.1 Å².